The number of aromatic nitrogens is 2. The van der Waals surface area contributed by atoms with E-state index in [-0.39, 0.29) is 5.75 Å². The van der Waals surface area contributed by atoms with E-state index in [4.69, 9.17) is 0 Å². The number of hydrogen-bond donors (Lipinski definition) is 1. The van der Waals surface area contributed by atoms with Crippen LogP contribution in [0.25, 0.3) is 16.0 Å². The van der Waals surface area contributed by atoms with Gasteiger partial charge in [0.15, 0.2) is 4.96 Å². The van der Waals surface area contributed by atoms with Gasteiger partial charge in [0.1, 0.15) is 5.75 Å². The molecule has 3 aromatic rings. The second-order valence-corrected chi connectivity index (χ2v) is 4.83. The largest absolute Gasteiger partial charge is 0.508 e. The topological polar surface area (TPSA) is 37.5 Å². The van der Waals surface area contributed by atoms with Crippen molar-refractivity contribution in [1.29, 1.82) is 0 Å². The van der Waals surface area contributed by atoms with Gasteiger partial charge in [-0.2, -0.15) is 0 Å². The minimum atomic E-state index is 0.266. The van der Waals surface area contributed by atoms with Crippen molar-refractivity contribution in [3.05, 3.63) is 28.8 Å². The fraction of sp³-hybridized carbons (Fsp3) is 0.182. The Bertz CT molecular complexity index is 666. The van der Waals surface area contributed by atoms with Gasteiger partial charge in [-0.15, -0.1) is 11.3 Å². The predicted octanol–water partition coefficient (Wildman–Crippen LogP) is 2.87. The normalized spacial score (nSPS) is 11.6. The average Bonchev–Trinajstić information content (AvgIpc) is 2.64. The van der Waals surface area contributed by atoms with Crippen molar-refractivity contribution in [3.8, 4) is 5.75 Å². The van der Waals surface area contributed by atoms with E-state index in [1.807, 2.05) is 6.07 Å². The molecular formula is C11H10N2OS. The van der Waals surface area contributed by atoms with Crippen molar-refractivity contribution in [3.63, 3.8) is 0 Å². The highest BCUT2D eigenvalue weighted by Crippen LogP contribution is 2.28. The number of phenolic OH excluding ortho intramolecular Hbond substituents is 1. The summed E-state index contributed by atoms with van der Waals surface area (Å²) in [6.45, 7) is 4.19. The Kier molecular flexibility index (Phi) is 1.59. The van der Waals surface area contributed by atoms with Gasteiger partial charge in [-0.1, -0.05) is 0 Å². The van der Waals surface area contributed by atoms with Gasteiger partial charge in [-0.3, -0.25) is 4.40 Å². The van der Waals surface area contributed by atoms with Gasteiger partial charge < -0.3 is 5.11 Å². The molecule has 0 aliphatic rings. The summed E-state index contributed by atoms with van der Waals surface area (Å²) in [6.07, 6.45) is 0. The lowest BCUT2D eigenvalue weighted by atomic mass is 10.3. The molecule has 2 heterocycles. The van der Waals surface area contributed by atoms with Gasteiger partial charge >= 0.3 is 0 Å². The highest BCUT2D eigenvalue weighted by atomic mass is 32.1. The van der Waals surface area contributed by atoms with Crippen LogP contribution in [0.1, 0.15) is 10.6 Å². The third kappa shape index (κ3) is 1.08. The highest BCUT2D eigenvalue weighted by molar-refractivity contribution is 7.17. The molecule has 0 aliphatic heterocycles. The molecule has 0 saturated carbocycles. The van der Waals surface area contributed by atoms with Gasteiger partial charge in [-0.05, 0) is 26.0 Å². The number of rotatable bonds is 0. The molecule has 0 aliphatic carbocycles. The zero-order valence-corrected chi connectivity index (χ0v) is 9.30. The van der Waals surface area contributed by atoms with Crippen molar-refractivity contribution < 1.29 is 5.11 Å². The molecule has 1 aromatic carbocycles. The number of aryl methyl sites for hydroxylation is 2. The van der Waals surface area contributed by atoms with Crippen LogP contribution in [0.5, 0.6) is 5.75 Å². The summed E-state index contributed by atoms with van der Waals surface area (Å²) < 4.78 is 2.13. The first-order chi connectivity index (χ1) is 7.16. The SMILES string of the molecule is Cc1sc2nc3cc(O)ccc3n2c1C. The average molecular weight is 218 g/mol. The van der Waals surface area contributed by atoms with Gasteiger partial charge in [0.2, 0.25) is 0 Å². The number of thiazole rings is 1. The summed E-state index contributed by atoms with van der Waals surface area (Å²) in [5.41, 5.74) is 3.14. The van der Waals surface area contributed by atoms with Crippen LogP contribution in [0.15, 0.2) is 18.2 Å². The smallest absolute Gasteiger partial charge is 0.195 e. The molecule has 0 radical (unpaired) electrons. The van der Waals surface area contributed by atoms with E-state index >= 15 is 0 Å². The Morgan fingerprint density at radius 2 is 2.13 bits per heavy atom. The van der Waals surface area contributed by atoms with Crippen molar-refractivity contribution >= 4 is 27.3 Å². The summed E-state index contributed by atoms with van der Waals surface area (Å²) >= 11 is 1.68. The van der Waals surface area contributed by atoms with Crippen LogP contribution in [0.4, 0.5) is 0 Å². The van der Waals surface area contributed by atoms with E-state index in [9.17, 15) is 5.11 Å². The van der Waals surface area contributed by atoms with Crippen LogP contribution in [0, 0.1) is 13.8 Å². The Balaban J connectivity index is 2.56. The lowest BCUT2D eigenvalue weighted by molar-refractivity contribution is 0.476. The number of aromatic hydroxyl groups is 1. The minimum absolute atomic E-state index is 0.266. The van der Waals surface area contributed by atoms with Crippen LogP contribution in [-0.4, -0.2) is 14.5 Å². The molecule has 0 saturated heterocycles. The standard InChI is InChI=1S/C11H10N2OS/c1-6-7(2)15-11-12-9-5-8(14)3-4-10(9)13(6)11/h3-5,14H,1-2H3. The molecular weight excluding hydrogens is 208 g/mol. The Labute approximate surface area is 90.6 Å². The lowest BCUT2D eigenvalue weighted by Gasteiger charge is -1.95. The van der Waals surface area contributed by atoms with E-state index in [0.29, 0.717) is 0 Å². The molecule has 0 amide bonds. The number of hydrogen-bond acceptors (Lipinski definition) is 3. The zero-order chi connectivity index (χ0) is 10.6. The van der Waals surface area contributed by atoms with Crippen LogP contribution < -0.4 is 0 Å². The van der Waals surface area contributed by atoms with Gasteiger partial charge in [0.05, 0.1) is 11.0 Å². The van der Waals surface area contributed by atoms with Crippen LogP contribution >= 0.6 is 11.3 Å². The maximum Gasteiger partial charge on any atom is 0.195 e. The van der Waals surface area contributed by atoms with Gasteiger partial charge in [0.25, 0.3) is 0 Å². The zero-order valence-electron chi connectivity index (χ0n) is 8.48. The summed E-state index contributed by atoms with van der Waals surface area (Å²) in [4.78, 5) is 6.76. The van der Waals surface area contributed by atoms with Crippen molar-refractivity contribution in [2.75, 3.05) is 0 Å². The van der Waals surface area contributed by atoms with Crippen molar-refractivity contribution in [2.24, 2.45) is 0 Å². The first-order valence-electron chi connectivity index (χ1n) is 4.74. The number of imidazole rings is 1. The van der Waals surface area contributed by atoms with Gasteiger partial charge in [0, 0.05) is 16.6 Å². The van der Waals surface area contributed by atoms with Gasteiger partial charge in [-0.25, -0.2) is 4.98 Å². The minimum Gasteiger partial charge on any atom is -0.508 e. The summed E-state index contributed by atoms with van der Waals surface area (Å²) in [6, 6.07) is 5.30. The van der Waals surface area contributed by atoms with E-state index in [1.54, 1.807) is 23.5 Å². The third-order valence-corrected chi connectivity index (χ3v) is 3.75. The molecule has 0 unspecified atom stereocenters. The maximum absolute atomic E-state index is 9.37. The number of fused-ring (bicyclic) bond motifs is 3. The number of phenols is 1. The molecule has 15 heavy (non-hydrogen) atoms. The van der Waals surface area contributed by atoms with E-state index in [2.05, 4.69) is 23.2 Å². The molecule has 2 aromatic heterocycles. The predicted molar refractivity (Wildman–Crippen MR) is 61.7 cm³/mol. The highest BCUT2D eigenvalue weighted by Gasteiger charge is 2.11. The monoisotopic (exact) mass is 218 g/mol. The fourth-order valence-corrected chi connectivity index (χ4v) is 2.79. The molecule has 4 heteroatoms. The second kappa shape index (κ2) is 2.73. The first kappa shape index (κ1) is 8.73. The Morgan fingerprint density at radius 1 is 1.33 bits per heavy atom. The Morgan fingerprint density at radius 3 is 2.93 bits per heavy atom. The molecule has 3 rings (SSSR count). The molecule has 3 nitrogen and oxygen atoms in total. The Hall–Kier alpha value is -1.55. The fourth-order valence-electron chi connectivity index (χ4n) is 1.81. The number of nitrogens with zero attached hydrogens (tertiary/aromatic N) is 2. The second-order valence-electron chi connectivity index (χ2n) is 3.65. The number of benzene rings is 1. The van der Waals surface area contributed by atoms with Crippen LogP contribution in [-0.2, 0) is 0 Å². The van der Waals surface area contributed by atoms with E-state index in [1.165, 1.54) is 10.6 Å². The van der Waals surface area contributed by atoms with Crippen LogP contribution in [0.2, 0.25) is 0 Å². The summed E-state index contributed by atoms with van der Waals surface area (Å²) in [7, 11) is 0. The molecule has 0 fully saturated rings. The van der Waals surface area contributed by atoms with Crippen molar-refractivity contribution in [2.45, 2.75) is 13.8 Å². The lowest BCUT2D eigenvalue weighted by Crippen LogP contribution is -1.84. The quantitative estimate of drug-likeness (QED) is 0.630. The maximum atomic E-state index is 9.37. The molecule has 0 atom stereocenters. The third-order valence-electron chi connectivity index (χ3n) is 2.70. The molecule has 0 bridgehead atoms. The van der Waals surface area contributed by atoms with Crippen LogP contribution in [0.3, 0.4) is 0 Å². The summed E-state index contributed by atoms with van der Waals surface area (Å²) in [5, 5.41) is 9.37. The molecule has 76 valence electrons. The van der Waals surface area contributed by atoms with E-state index < -0.39 is 0 Å². The molecule has 1 N–H and O–H groups in total. The van der Waals surface area contributed by atoms with E-state index in [0.717, 1.165) is 16.0 Å². The summed E-state index contributed by atoms with van der Waals surface area (Å²) in [5.74, 6) is 0.266. The molecule has 0 spiro atoms. The van der Waals surface area contributed by atoms with Crippen molar-refractivity contribution in [1.82, 2.24) is 9.38 Å². The first-order valence-corrected chi connectivity index (χ1v) is 5.55.